The fourth-order valence-electron chi connectivity index (χ4n) is 4.45. The average molecular weight is 301 g/mol. The zero-order chi connectivity index (χ0) is 15.3. The van der Waals surface area contributed by atoms with Gasteiger partial charge in [-0.2, -0.15) is 0 Å². The smallest absolute Gasteiger partial charge is 0.251 e. The fourth-order valence-corrected chi connectivity index (χ4v) is 4.45. The first-order chi connectivity index (χ1) is 10.6. The van der Waals surface area contributed by atoms with E-state index in [2.05, 4.69) is 17.3 Å². The summed E-state index contributed by atoms with van der Waals surface area (Å²) < 4.78 is 5.55. The van der Waals surface area contributed by atoms with Gasteiger partial charge in [0.15, 0.2) is 0 Å². The SMILES string of the molecule is CN1CC2CC(NC(=O)c3ccc(N)c4c3CCO4)CC2C1. The second-order valence-electron chi connectivity index (χ2n) is 6.99. The molecule has 2 fully saturated rings. The number of nitrogens with one attached hydrogen (secondary N) is 1. The van der Waals surface area contributed by atoms with Gasteiger partial charge in [-0.25, -0.2) is 0 Å². The second-order valence-corrected chi connectivity index (χ2v) is 6.99. The summed E-state index contributed by atoms with van der Waals surface area (Å²) in [5.74, 6) is 2.23. The molecule has 0 bridgehead atoms. The van der Waals surface area contributed by atoms with Crippen LogP contribution in [0.5, 0.6) is 5.75 Å². The van der Waals surface area contributed by atoms with Crippen molar-refractivity contribution >= 4 is 11.6 Å². The molecule has 0 radical (unpaired) electrons. The molecule has 2 atom stereocenters. The molecule has 5 nitrogen and oxygen atoms in total. The van der Waals surface area contributed by atoms with Gasteiger partial charge < -0.3 is 20.7 Å². The lowest BCUT2D eigenvalue weighted by Crippen LogP contribution is -2.34. The van der Waals surface area contributed by atoms with Gasteiger partial charge in [0.2, 0.25) is 0 Å². The molecule has 5 heteroatoms. The third kappa shape index (κ3) is 2.24. The molecule has 1 aliphatic carbocycles. The van der Waals surface area contributed by atoms with E-state index in [0.717, 1.165) is 42.2 Å². The highest BCUT2D eigenvalue weighted by Gasteiger charge is 2.40. The minimum absolute atomic E-state index is 0.0279. The Kier molecular flexibility index (Phi) is 3.26. The van der Waals surface area contributed by atoms with Crippen LogP contribution >= 0.6 is 0 Å². The normalized spacial score (nSPS) is 30.0. The number of nitrogens with two attached hydrogens (primary N) is 1. The molecule has 0 spiro atoms. The van der Waals surface area contributed by atoms with Gasteiger partial charge in [-0.05, 0) is 43.9 Å². The first-order valence-corrected chi connectivity index (χ1v) is 8.15. The molecule has 4 rings (SSSR count). The van der Waals surface area contributed by atoms with E-state index in [4.69, 9.17) is 10.5 Å². The van der Waals surface area contributed by atoms with Gasteiger partial charge >= 0.3 is 0 Å². The maximum Gasteiger partial charge on any atom is 0.251 e. The summed E-state index contributed by atoms with van der Waals surface area (Å²) in [7, 11) is 2.18. The molecular weight excluding hydrogens is 278 g/mol. The number of carbonyl (C=O) groups excluding carboxylic acids is 1. The molecule has 3 N–H and O–H groups in total. The highest BCUT2D eigenvalue weighted by molar-refractivity contribution is 5.97. The second kappa shape index (κ2) is 5.16. The molecule has 2 heterocycles. The lowest BCUT2D eigenvalue weighted by atomic mass is 10.0. The van der Waals surface area contributed by atoms with Crippen molar-refractivity contribution in [3.05, 3.63) is 23.3 Å². The number of rotatable bonds is 2. The predicted molar refractivity (Wildman–Crippen MR) is 85.0 cm³/mol. The zero-order valence-electron chi connectivity index (χ0n) is 13.0. The van der Waals surface area contributed by atoms with E-state index in [0.29, 0.717) is 24.1 Å². The molecule has 22 heavy (non-hydrogen) atoms. The predicted octanol–water partition coefficient (Wildman–Crippen LogP) is 1.27. The molecule has 1 amide bonds. The van der Waals surface area contributed by atoms with Gasteiger partial charge in [0.05, 0.1) is 12.3 Å². The minimum atomic E-state index is 0.0279. The van der Waals surface area contributed by atoms with Gasteiger partial charge in [0.1, 0.15) is 5.75 Å². The average Bonchev–Trinajstić information content (AvgIpc) is 3.13. The fraction of sp³-hybridized carbons (Fsp3) is 0.588. The number of nitrogen functional groups attached to an aromatic ring is 1. The van der Waals surface area contributed by atoms with Crippen LogP contribution in [0.1, 0.15) is 28.8 Å². The summed E-state index contributed by atoms with van der Waals surface area (Å²) in [6, 6.07) is 3.92. The Labute approximate surface area is 130 Å². The first kappa shape index (κ1) is 13.9. The van der Waals surface area contributed by atoms with Crippen molar-refractivity contribution in [3.63, 3.8) is 0 Å². The van der Waals surface area contributed by atoms with E-state index in [1.54, 1.807) is 6.07 Å². The molecule has 0 aromatic heterocycles. The van der Waals surface area contributed by atoms with Crippen molar-refractivity contribution in [2.24, 2.45) is 11.8 Å². The van der Waals surface area contributed by atoms with Crippen LogP contribution in [-0.4, -0.2) is 43.6 Å². The Morgan fingerprint density at radius 3 is 2.77 bits per heavy atom. The molecule has 2 aliphatic heterocycles. The van der Waals surface area contributed by atoms with Crippen LogP contribution in [-0.2, 0) is 6.42 Å². The number of carbonyl (C=O) groups is 1. The van der Waals surface area contributed by atoms with E-state index in [-0.39, 0.29) is 5.91 Å². The summed E-state index contributed by atoms with van der Waals surface area (Å²) in [6.45, 7) is 2.95. The van der Waals surface area contributed by atoms with Crippen molar-refractivity contribution in [1.29, 1.82) is 0 Å². The largest absolute Gasteiger partial charge is 0.491 e. The molecule has 1 aromatic rings. The third-order valence-electron chi connectivity index (χ3n) is 5.40. The van der Waals surface area contributed by atoms with Crippen LogP contribution in [0, 0.1) is 11.8 Å². The Morgan fingerprint density at radius 2 is 2.05 bits per heavy atom. The molecule has 1 saturated heterocycles. The van der Waals surface area contributed by atoms with Crippen LogP contribution in [0.15, 0.2) is 12.1 Å². The van der Waals surface area contributed by atoms with Crippen molar-refractivity contribution in [2.75, 3.05) is 32.5 Å². The summed E-state index contributed by atoms with van der Waals surface area (Å²) in [5, 5.41) is 3.23. The molecule has 1 aromatic carbocycles. The van der Waals surface area contributed by atoms with Crippen molar-refractivity contribution in [1.82, 2.24) is 10.2 Å². The Bertz CT molecular complexity index is 602. The summed E-state index contributed by atoms with van der Waals surface area (Å²) in [5.41, 5.74) is 8.25. The Morgan fingerprint density at radius 1 is 1.32 bits per heavy atom. The standard InChI is InChI=1S/C17H23N3O2/c1-20-8-10-6-12(7-11(10)9-20)19-17(21)14-2-3-15(18)16-13(14)4-5-22-16/h2-3,10-12H,4-9,18H2,1H3,(H,19,21). The number of hydrogen-bond donors (Lipinski definition) is 2. The third-order valence-corrected chi connectivity index (χ3v) is 5.40. The molecule has 2 unspecified atom stereocenters. The molecule has 1 saturated carbocycles. The monoisotopic (exact) mass is 301 g/mol. The Balaban J connectivity index is 1.47. The lowest BCUT2D eigenvalue weighted by molar-refractivity contribution is 0.0934. The van der Waals surface area contributed by atoms with Gasteiger partial charge in [0.25, 0.3) is 5.91 Å². The van der Waals surface area contributed by atoms with E-state index in [1.165, 1.54) is 13.1 Å². The number of amides is 1. The quantitative estimate of drug-likeness (QED) is 0.807. The maximum atomic E-state index is 12.6. The molecule has 3 aliphatic rings. The lowest BCUT2D eigenvalue weighted by Gasteiger charge is -2.17. The van der Waals surface area contributed by atoms with Crippen molar-refractivity contribution < 1.29 is 9.53 Å². The first-order valence-electron chi connectivity index (χ1n) is 8.15. The summed E-state index contributed by atoms with van der Waals surface area (Å²) in [6.07, 6.45) is 2.98. The van der Waals surface area contributed by atoms with Crippen LogP contribution in [0.3, 0.4) is 0 Å². The van der Waals surface area contributed by atoms with Crippen molar-refractivity contribution in [3.8, 4) is 5.75 Å². The van der Waals surface area contributed by atoms with Gasteiger partial charge in [-0.15, -0.1) is 0 Å². The van der Waals surface area contributed by atoms with Gasteiger partial charge in [-0.3, -0.25) is 4.79 Å². The number of likely N-dealkylation sites (tertiary alicyclic amines) is 1. The maximum absolute atomic E-state index is 12.6. The molecule has 118 valence electrons. The van der Waals surface area contributed by atoms with Crippen LogP contribution in [0.4, 0.5) is 5.69 Å². The number of anilines is 1. The number of hydrogen-bond acceptors (Lipinski definition) is 4. The highest BCUT2D eigenvalue weighted by Crippen LogP contribution is 2.38. The number of ether oxygens (including phenoxy) is 1. The number of benzene rings is 1. The van der Waals surface area contributed by atoms with Gasteiger partial charge in [-0.1, -0.05) is 0 Å². The van der Waals surface area contributed by atoms with Crippen LogP contribution < -0.4 is 15.8 Å². The van der Waals surface area contributed by atoms with E-state index >= 15 is 0 Å². The Hall–Kier alpha value is -1.75. The van der Waals surface area contributed by atoms with Crippen molar-refractivity contribution in [2.45, 2.75) is 25.3 Å². The van der Waals surface area contributed by atoms with Crippen LogP contribution in [0.2, 0.25) is 0 Å². The van der Waals surface area contributed by atoms with E-state index in [9.17, 15) is 4.79 Å². The summed E-state index contributed by atoms with van der Waals surface area (Å²) >= 11 is 0. The zero-order valence-corrected chi connectivity index (χ0v) is 13.0. The molecular formula is C17H23N3O2. The highest BCUT2D eigenvalue weighted by atomic mass is 16.5. The number of nitrogens with zero attached hydrogens (tertiary/aromatic N) is 1. The summed E-state index contributed by atoms with van der Waals surface area (Å²) in [4.78, 5) is 15.0. The van der Waals surface area contributed by atoms with Crippen LogP contribution in [0.25, 0.3) is 0 Å². The van der Waals surface area contributed by atoms with E-state index < -0.39 is 0 Å². The minimum Gasteiger partial charge on any atom is -0.491 e. The number of fused-ring (bicyclic) bond motifs is 2. The topological polar surface area (TPSA) is 67.6 Å². The van der Waals surface area contributed by atoms with Gasteiger partial charge in [0, 0.05) is 36.7 Å². The van der Waals surface area contributed by atoms with E-state index in [1.807, 2.05) is 6.07 Å².